The fourth-order valence-corrected chi connectivity index (χ4v) is 4.98. The maximum Gasteiger partial charge on any atom is 0.274 e. The zero-order valence-corrected chi connectivity index (χ0v) is 20.6. The molecule has 3 aromatic carbocycles. The lowest BCUT2D eigenvalue weighted by atomic mass is 10.2. The zero-order valence-electron chi connectivity index (χ0n) is 16.6. The summed E-state index contributed by atoms with van der Waals surface area (Å²) in [4.78, 5) is 18.3. The van der Waals surface area contributed by atoms with Crippen molar-refractivity contribution in [3.8, 4) is 11.5 Å². The molecule has 5 rings (SSSR count). The highest BCUT2D eigenvalue weighted by atomic mass is 79.9. The van der Waals surface area contributed by atoms with Gasteiger partial charge in [-0.2, -0.15) is 0 Å². The van der Waals surface area contributed by atoms with Crippen molar-refractivity contribution < 1.29 is 9.47 Å². The molecule has 8 heteroatoms. The van der Waals surface area contributed by atoms with Crippen LogP contribution in [0, 0.1) is 0 Å². The van der Waals surface area contributed by atoms with E-state index in [-0.39, 0.29) is 5.56 Å². The number of rotatable bonds is 6. The molecule has 0 spiro atoms. The average Bonchev–Trinajstić information content (AvgIpc) is 3.30. The van der Waals surface area contributed by atoms with Gasteiger partial charge in [-0.1, -0.05) is 55.3 Å². The molecular weight excluding hydrogens is 556 g/mol. The summed E-state index contributed by atoms with van der Waals surface area (Å²) in [6.07, 6.45) is 1.85. The number of hydrogen-bond donors (Lipinski definition) is 0. The molecule has 0 atom stereocenters. The number of fused-ring (bicyclic) bond motifs is 3. The van der Waals surface area contributed by atoms with Gasteiger partial charge in [0.15, 0.2) is 4.96 Å². The van der Waals surface area contributed by atoms with Gasteiger partial charge < -0.3 is 9.47 Å². The van der Waals surface area contributed by atoms with Crippen LogP contribution in [-0.2, 0) is 0 Å². The van der Waals surface area contributed by atoms with E-state index in [2.05, 4.69) is 36.8 Å². The maximum absolute atomic E-state index is 13.1. The first kappa shape index (κ1) is 21.2. The molecule has 0 saturated heterocycles. The summed E-state index contributed by atoms with van der Waals surface area (Å²) in [5.41, 5.74) is 2.37. The number of nitrogens with zero attached hydrogens (tertiary/aromatic N) is 2. The van der Waals surface area contributed by atoms with Gasteiger partial charge >= 0.3 is 0 Å². The van der Waals surface area contributed by atoms with Gasteiger partial charge in [0.25, 0.3) is 5.56 Å². The molecule has 0 aliphatic rings. The SMILES string of the molecule is O=c1/c(=C/c2cc(Br)ccc2OCCOc2ccc(Br)cc2)sc2nc3ccccc3n12. The highest BCUT2D eigenvalue weighted by molar-refractivity contribution is 9.10. The number of halogens is 2. The van der Waals surface area contributed by atoms with Crippen molar-refractivity contribution in [1.29, 1.82) is 0 Å². The Morgan fingerprint density at radius 1 is 0.938 bits per heavy atom. The Morgan fingerprint density at radius 2 is 1.69 bits per heavy atom. The molecule has 160 valence electrons. The monoisotopic (exact) mass is 570 g/mol. The Kier molecular flexibility index (Phi) is 5.99. The van der Waals surface area contributed by atoms with Gasteiger partial charge in [0.2, 0.25) is 0 Å². The van der Waals surface area contributed by atoms with Crippen molar-refractivity contribution in [3.63, 3.8) is 0 Å². The van der Waals surface area contributed by atoms with Crippen molar-refractivity contribution in [2.75, 3.05) is 13.2 Å². The van der Waals surface area contributed by atoms with Crippen LogP contribution in [0.4, 0.5) is 0 Å². The topological polar surface area (TPSA) is 52.8 Å². The van der Waals surface area contributed by atoms with Crippen LogP contribution < -0.4 is 19.6 Å². The van der Waals surface area contributed by atoms with Gasteiger partial charge in [0.1, 0.15) is 24.7 Å². The van der Waals surface area contributed by atoms with Gasteiger partial charge in [-0.25, -0.2) is 9.38 Å². The molecule has 0 saturated carbocycles. The van der Waals surface area contributed by atoms with Crippen molar-refractivity contribution in [2.24, 2.45) is 0 Å². The Labute approximate surface area is 204 Å². The van der Waals surface area contributed by atoms with Crippen LogP contribution in [0.3, 0.4) is 0 Å². The van der Waals surface area contributed by atoms with E-state index in [9.17, 15) is 4.79 Å². The largest absolute Gasteiger partial charge is 0.490 e. The lowest BCUT2D eigenvalue weighted by Gasteiger charge is -2.11. The third kappa shape index (κ3) is 4.30. The molecule has 0 bridgehead atoms. The highest BCUT2D eigenvalue weighted by Crippen LogP contribution is 2.24. The molecule has 0 N–H and O–H groups in total. The van der Waals surface area contributed by atoms with E-state index in [4.69, 9.17) is 9.47 Å². The Bertz CT molecular complexity index is 1530. The summed E-state index contributed by atoms with van der Waals surface area (Å²) in [6, 6.07) is 21.0. The summed E-state index contributed by atoms with van der Waals surface area (Å²) in [7, 11) is 0. The van der Waals surface area contributed by atoms with Crippen molar-refractivity contribution in [2.45, 2.75) is 0 Å². The second kappa shape index (κ2) is 9.05. The molecule has 0 amide bonds. The molecule has 0 radical (unpaired) electrons. The number of benzene rings is 3. The number of imidazole rings is 1. The normalized spacial score (nSPS) is 12.0. The number of para-hydroxylation sites is 2. The molecule has 5 aromatic rings. The van der Waals surface area contributed by atoms with E-state index in [1.165, 1.54) is 11.3 Å². The lowest BCUT2D eigenvalue weighted by molar-refractivity contribution is 0.217. The minimum Gasteiger partial charge on any atom is -0.490 e. The predicted octanol–water partition coefficient (Wildman–Crippen LogP) is 5.44. The second-order valence-electron chi connectivity index (χ2n) is 6.97. The van der Waals surface area contributed by atoms with Crippen LogP contribution in [0.5, 0.6) is 11.5 Å². The maximum atomic E-state index is 13.1. The van der Waals surface area contributed by atoms with E-state index < -0.39 is 0 Å². The fraction of sp³-hybridized carbons (Fsp3) is 0.0833. The molecule has 2 heterocycles. The third-order valence-corrected chi connectivity index (χ3v) is 6.82. The average molecular weight is 572 g/mol. The molecule has 5 nitrogen and oxygen atoms in total. The lowest BCUT2D eigenvalue weighted by Crippen LogP contribution is -2.22. The summed E-state index contributed by atoms with van der Waals surface area (Å²) in [6.45, 7) is 0.782. The smallest absolute Gasteiger partial charge is 0.274 e. The van der Waals surface area contributed by atoms with E-state index in [1.54, 1.807) is 4.40 Å². The summed E-state index contributed by atoms with van der Waals surface area (Å²) < 4.78 is 15.9. The van der Waals surface area contributed by atoms with Crippen molar-refractivity contribution >= 4 is 65.3 Å². The van der Waals surface area contributed by atoms with E-state index in [0.29, 0.717) is 28.5 Å². The van der Waals surface area contributed by atoms with Crippen LogP contribution in [0.2, 0.25) is 0 Å². The first-order valence-corrected chi connectivity index (χ1v) is 12.2. The van der Waals surface area contributed by atoms with E-state index in [0.717, 1.165) is 31.3 Å². The minimum absolute atomic E-state index is 0.0804. The van der Waals surface area contributed by atoms with Crippen LogP contribution in [0.15, 0.2) is 80.5 Å². The quantitative estimate of drug-likeness (QED) is 0.255. The number of hydrogen-bond acceptors (Lipinski definition) is 5. The van der Waals surface area contributed by atoms with Crippen LogP contribution in [-0.4, -0.2) is 22.6 Å². The van der Waals surface area contributed by atoms with Crippen LogP contribution >= 0.6 is 43.2 Å². The minimum atomic E-state index is -0.0804. The van der Waals surface area contributed by atoms with Gasteiger partial charge in [-0.15, -0.1) is 0 Å². The third-order valence-electron chi connectivity index (χ3n) is 4.83. The number of ether oxygens (including phenoxy) is 2. The Balaban J connectivity index is 1.41. The predicted molar refractivity (Wildman–Crippen MR) is 135 cm³/mol. The van der Waals surface area contributed by atoms with Gasteiger partial charge in [0, 0.05) is 14.5 Å². The molecule has 32 heavy (non-hydrogen) atoms. The first-order chi connectivity index (χ1) is 15.6. The van der Waals surface area contributed by atoms with E-state index >= 15 is 0 Å². The highest BCUT2D eigenvalue weighted by Gasteiger charge is 2.11. The van der Waals surface area contributed by atoms with Crippen LogP contribution in [0.1, 0.15) is 5.56 Å². The summed E-state index contributed by atoms with van der Waals surface area (Å²) in [5, 5.41) is 0. The molecular formula is C24H16Br2N2O3S. The first-order valence-electron chi connectivity index (χ1n) is 9.81. The zero-order chi connectivity index (χ0) is 22.1. The number of aromatic nitrogens is 2. The second-order valence-corrected chi connectivity index (χ2v) is 9.81. The summed E-state index contributed by atoms with van der Waals surface area (Å²) in [5.74, 6) is 1.47. The fourth-order valence-electron chi connectivity index (χ4n) is 3.36. The molecule has 2 aromatic heterocycles. The standard InChI is InChI=1S/C24H16Br2N2O3S/c25-16-5-8-18(9-6-16)30-11-12-31-21-10-7-17(26)13-15(21)14-22-23(29)28-20-4-2-1-3-19(20)27-24(28)32-22/h1-10,13-14H,11-12H2/b22-14-. The van der Waals surface area contributed by atoms with Gasteiger partial charge in [-0.3, -0.25) is 4.79 Å². The van der Waals surface area contributed by atoms with E-state index in [1.807, 2.05) is 72.8 Å². The molecule has 0 aliphatic carbocycles. The van der Waals surface area contributed by atoms with Crippen molar-refractivity contribution in [1.82, 2.24) is 9.38 Å². The van der Waals surface area contributed by atoms with Crippen molar-refractivity contribution in [3.05, 3.63) is 96.1 Å². The Morgan fingerprint density at radius 3 is 2.53 bits per heavy atom. The number of thiazole rings is 1. The molecule has 0 fully saturated rings. The van der Waals surface area contributed by atoms with Gasteiger partial charge in [-0.05, 0) is 60.7 Å². The molecule has 0 aliphatic heterocycles. The Hall–Kier alpha value is -2.68. The summed E-state index contributed by atoms with van der Waals surface area (Å²) >= 11 is 8.29. The molecule has 0 unspecified atom stereocenters. The van der Waals surface area contributed by atoms with Crippen LogP contribution in [0.25, 0.3) is 22.1 Å². The van der Waals surface area contributed by atoms with Gasteiger partial charge in [0.05, 0.1) is 15.6 Å².